The highest BCUT2D eigenvalue weighted by atomic mass is 16.7. The summed E-state index contributed by atoms with van der Waals surface area (Å²) in [6.07, 6.45) is 1.23. The lowest BCUT2D eigenvalue weighted by Crippen LogP contribution is -2.06. The molecule has 1 unspecified atom stereocenters. The summed E-state index contributed by atoms with van der Waals surface area (Å²) in [5.74, 6) is 2.24. The molecule has 2 heterocycles. The lowest BCUT2D eigenvalue weighted by Gasteiger charge is -2.18. The van der Waals surface area contributed by atoms with E-state index in [1.54, 1.807) is 21.3 Å². The maximum atomic E-state index is 13.0. The number of rotatable bonds is 9. The molecule has 0 fully saturated rings. The highest BCUT2D eigenvalue weighted by Crippen LogP contribution is 2.44. The van der Waals surface area contributed by atoms with Crippen LogP contribution in [0.4, 0.5) is 0 Å². The monoisotopic (exact) mass is 468 g/mol. The zero-order valence-corrected chi connectivity index (χ0v) is 19.9. The van der Waals surface area contributed by atoms with Crippen LogP contribution in [0.15, 0.2) is 53.5 Å². The largest absolute Gasteiger partial charge is 0.494 e. The maximum absolute atomic E-state index is 13.0. The number of carbonyl (C=O) groups excluding carboxylic acids is 1. The van der Waals surface area contributed by atoms with Gasteiger partial charge < -0.3 is 33.2 Å². The Morgan fingerprint density at radius 2 is 1.74 bits per heavy atom. The third kappa shape index (κ3) is 4.35. The highest BCUT2D eigenvalue weighted by Gasteiger charge is 2.39. The van der Waals surface area contributed by atoms with Crippen molar-refractivity contribution in [2.45, 2.75) is 26.4 Å². The minimum atomic E-state index is -0.596. The Kier molecular flexibility index (Phi) is 6.86. The number of ether oxygens (including phenoxy) is 7. The van der Waals surface area contributed by atoms with Gasteiger partial charge in [0.15, 0.2) is 17.3 Å². The fourth-order valence-electron chi connectivity index (χ4n) is 4.19. The smallest absolute Gasteiger partial charge is 0.343 e. The predicted molar refractivity (Wildman–Crippen MR) is 123 cm³/mol. The number of benzene rings is 2. The SMILES string of the molecule is CCOc1ccc(C2OC(=O)C(C3=COCO3)=C2Cc2cc(OC)c(OC)c(OC)c2)cc1C. The van der Waals surface area contributed by atoms with Gasteiger partial charge in [-0.15, -0.1) is 0 Å². The summed E-state index contributed by atoms with van der Waals surface area (Å²) in [5, 5.41) is 0. The van der Waals surface area contributed by atoms with E-state index in [4.69, 9.17) is 33.2 Å². The van der Waals surface area contributed by atoms with E-state index < -0.39 is 12.1 Å². The van der Waals surface area contributed by atoms with E-state index in [1.807, 2.05) is 44.2 Å². The summed E-state index contributed by atoms with van der Waals surface area (Å²) >= 11 is 0. The summed E-state index contributed by atoms with van der Waals surface area (Å²) in [6.45, 7) is 4.52. The molecule has 0 aromatic heterocycles. The summed E-state index contributed by atoms with van der Waals surface area (Å²) in [7, 11) is 4.68. The molecule has 2 aromatic carbocycles. The zero-order valence-electron chi connectivity index (χ0n) is 19.9. The number of methoxy groups -OCH3 is 3. The Bertz CT molecular complexity index is 1120. The predicted octanol–water partition coefficient (Wildman–Crippen LogP) is 4.40. The van der Waals surface area contributed by atoms with Crippen LogP contribution in [0, 0.1) is 6.92 Å². The van der Waals surface area contributed by atoms with Gasteiger partial charge in [0.05, 0.1) is 27.9 Å². The molecule has 4 rings (SSSR count). The second-order valence-electron chi connectivity index (χ2n) is 7.76. The van der Waals surface area contributed by atoms with Crippen LogP contribution in [0.3, 0.4) is 0 Å². The van der Waals surface area contributed by atoms with Crippen molar-refractivity contribution in [3.63, 3.8) is 0 Å². The number of hydrogen-bond donors (Lipinski definition) is 0. The molecule has 8 heteroatoms. The van der Waals surface area contributed by atoms with Gasteiger partial charge in [0, 0.05) is 0 Å². The van der Waals surface area contributed by atoms with Crippen molar-refractivity contribution in [2.75, 3.05) is 34.7 Å². The summed E-state index contributed by atoms with van der Waals surface area (Å²) in [5.41, 5.74) is 3.76. The van der Waals surface area contributed by atoms with Gasteiger partial charge in [0.1, 0.15) is 23.7 Å². The minimum Gasteiger partial charge on any atom is -0.494 e. The van der Waals surface area contributed by atoms with Crippen LogP contribution < -0.4 is 18.9 Å². The summed E-state index contributed by atoms with van der Waals surface area (Å²) in [4.78, 5) is 13.0. The maximum Gasteiger partial charge on any atom is 0.343 e. The van der Waals surface area contributed by atoms with Crippen LogP contribution in [-0.2, 0) is 25.4 Å². The average Bonchev–Trinajstić information content (AvgIpc) is 3.47. The molecule has 2 aromatic rings. The van der Waals surface area contributed by atoms with Crippen LogP contribution in [-0.4, -0.2) is 40.7 Å². The lowest BCUT2D eigenvalue weighted by atomic mass is 9.91. The van der Waals surface area contributed by atoms with Crippen LogP contribution in [0.1, 0.15) is 29.7 Å². The molecule has 0 aliphatic carbocycles. The highest BCUT2D eigenvalue weighted by molar-refractivity contribution is 5.96. The molecule has 0 spiro atoms. The van der Waals surface area contributed by atoms with Crippen molar-refractivity contribution < 1.29 is 38.0 Å². The van der Waals surface area contributed by atoms with E-state index in [9.17, 15) is 4.79 Å². The van der Waals surface area contributed by atoms with Gasteiger partial charge in [-0.2, -0.15) is 0 Å². The average molecular weight is 469 g/mol. The Balaban J connectivity index is 1.79. The van der Waals surface area contributed by atoms with E-state index in [0.717, 1.165) is 28.0 Å². The van der Waals surface area contributed by atoms with Crippen molar-refractivity contribution in [1.29, 1.82) is 0 Å². The molecular weight excluding hydrogens is 440 g/mol. The molecule has 0 N–H and O–H groups in total. The third-order valence-electron chi connectivity index (χ3n) is 5.71. The van der Waals surface area contributed by atoms with Gasteiger partial charge >= 0.3 is 5.97 Å². The second-order valence-corrected chi connectivity index (χ2v) is 7.76. The second kappa shape index (κ2) is 9.99. The fraction of sp³-hybridized carbons (Fsp3) is 0.346. The van der Waals surface area contributed by atoms with E-state index in [-0.39, 0.29) is 6.79 Å². The molecule has 2 aliphatic rings. The van der Waals surface area contributed by atoms with E-state index in [1.165, 1.54) is 6.26 Å². The van der Waals surface area contributed by atoms with Gasteiger partial charge in [-0.1, -0.05) is 6.07 Å². The molecule has 0 radical (unpaired) electrons. The van der Waals surface area contributed by atoms with Crippen LogP contribution >= 0.6 is 0 Å². The quantitative estimate of drug-likeness (QED) is 0.501. The number of cyclic esters (lactones) is 1. The molecule has 0 saturated heterocycles. The minimum absolute atomic E-state index is 0.0520. The molecule has 180 valence electrons. The molecule has 0 bridgehead atoms. The van der Waals surface area contributed by atoms with E-state index in [2.05, 4.69) is 0 Å². The molecule has 2 aliphatic heterocycles. The standard InChI is InChI=1S/C26H28O8/c1-6-32-19-8-7-17(9-15(19)2)24-18(23(26(27)34-24)22-13-31-14-33-22)10-16-11-20(28-3)25(30-5)21(12-16)29-4/h7-9,11-13,24H,6,10,14H2,1-5H3. The van der Waals surface area contributed by atoms with Crippen molar-refractivity contribution in [3.8, 4) is 23.0 Å². The first-order valence-corrected chi connectivity index (χ1v) is 10.9. The van der Waals surface area contributed by atoms with Gasteiger partial charge in [-0.3, -0.25) is 0 Å². The van der Waals surface area contributed by atoms with Crippen molar-refractivity contribution in [3.05, 3.63) is 70.2 Å². The van der Waals surface area contributed by atoms with Crippen molar-refractivity contribution in [2.24, 2.45) is 0 Å². The molecule has 0 saturated carbocycles. The molecule has 8 nitrogen and oxygen atoms in total. The van der Waals surface area contributed by atoms with E-state index >= 15 is 0 Å². The number of carbonyl (C=O) groups is 1. The first-order chi connectivity index (χ1) is 16.5. The van der Waals surface area contributed by atoms with Gasteiger partial charge in [-0.05, 0) is 66.8 Å². The molecular formula is C26H28O8. The summed E-state index contributed by atoms with van der Waals surface area (Å²) < 4.78 is 38.7. The Labute approximate surface area is 198 Å². The molecule has 0 amide bonds. The van der Waals surface area contributed by atoms with Crippen molar-refractivity contribution >= 4 is 5.97 Å². The van der Waals surface area contributed by atoms with Crippen LogP contribution in [0.2, 0.25) is 0 Å². The molecule has 34 heavy (non-hydrogen) atoms. The number of hydrogen-bond acceptors (Lipinski definition) is 8. The van der Waals surface area contributed by atoms with Gasteiger partial charge in [0.2, 0.25) is 12.5 Å². The summed E-state index contributed by atoms with van der Waals surface area (Å²) in [6, 6.07) is 9.49. The van der Waals surface area contributed by atoms with Gasteiger partial charge in [0.25, 0.3) is 0 Å². The molecule has 1 atom stereocenters. The normalized spacial score (nSPS) is 17.0. The third-order valence-corrected chi connectivity index (χ3v) is 5.71. The topological polar surface area (TPSA) is 81.7 Å². The van der Waals surface area contributed by atoms with Gasteiger partial charge in [-0.25, -0.2) is 4.79 Å². The first-order valence-electron chi connectivity index (χ1n) is 10.9. The number of aryl methyl sites for hydroxylation is 1. The first kappa shape index (κ1) is 23.4. The zero-order chi connectivity index (χ0) is 24.2. The Morgan fingerprint density at radius 3 is 2.29 bits per heavy atom. The Morgan fingerprint density at radius 1 is 1.00 bits per heavy atom. The Hall–Kier alpha value is -3.81. The van der Waals surface area contributed by atoms with Crippen LogP contribution in [0.5, 0.6) is 23.0 Å². The van der Waals surface area contributed by atoms with E-state index in [0.29, 0.717) is 41.6 Å². The van der Waals surface area contributed by atoms with Crippen molar-refractivity contribution in [1.82, 2.24) is 0 Å². The number of esters is 1. The lowest BCUT2D eigenvalue weighted by molar-refractivity contribution is -0.140. The fourth-order valence-corrected chi connectivity index (χ4v) is 4.19. The van der Waals surface area contributed by atoms with Crippen LogP contribution in [0.25, 0.3) is 0 Å².